The van der Waals surface area contributed by atoms with E-state index < -0.39 is 0 Å². The van der Waals surface area contributed by atoms with Crippen molar-refractivity contribution in [2.75, 3.05) is 33.9 Å². The number of nitrogens with zero attached hydrogens (tertiary/aromatic N) is 1. The molecule has 0 saturated carbocycles. The molecule has 1 N–H and O–H groups in total. The molecule has 0 bridgehead atoms. The Balaban J connectivity index is 2.02. The van der Waals surface area contributed by atoms with Crippen LogP contribution in [0.3, 0.4) is 0 Å². The second kappa shape index (κ2) is 6.15. The van der Waals surface area contributed by atoms with Crippen LogP contribution in [0.2, 0.25) is 0 Å². The van der Waals surface area contributed by atoms with Gasteiger partial charge in [-0.1, -0.05) is 30.3 Å². The molecule has 0 spiro atoms. The molecule has 94 valence electrons. The lowest BCUT2D eigenvalue weighted by atomic mass is 10.1. The summed E-state index contributed by atoms with van der Waals surface area (Å²) in [7, 11) is 4.23. The van der Waals surface area contributed by atoms with E-state index in [0.29, 0.717) is 12.1 Å². The minimum absolute atomic E-state index is 0.387. The molecule has 17 heavy (non-hydrogen) atoms. The maximum Gasteiger partial charge on any atom is 0.0620 e. The van der Waals surface area contributed by atoms with E-state index in [0.717, 1.165) is 26.2 Å². The Labute approximate surface area is 104 Å². The van der Waals surface area contributed by atoms with Crippen LogP contribution < -0.4 is 5.32 Å². The molecule has 1 heterocycles. The Morgan fingerprint density at radius 1 is 1.35 bits per heavy atom. The summed E-state index contributed by atoms with van der Waals surface area (Å²) in [5.74, 6) is 0. The average Bonchev–Trinajstić information content (AvgIpc) is 2.82. The Hall–Kier alpha value is -0.900. The van der Waals surface area contributed by atoms with Gasteiger partial charge < -0.3 is 15.0 Å². The minimum Gasteiger partial charge on any atom is -0.380 e. The van der Waals surface area contributed by atoms with Gasteiger partial charge in [-0.25, -0.2) is 0 Å². The van der Waals surface area contributed by atoms with E-state index in [1.165, 1.54) is 5.56 Å². The van der Waals surface area contributed by atoms with Crippen molar-refractivity contribution >= 4 is 0 Å². The third kappa shape index (κ3) is 3.80. The Bertz CT molecular complexity index is 320. The maximum absolute atomic E-state index is 5.42. The number of hydrogen-bond donors (Lipinski definition) is 1. The molecule has 3 heteroatoms. The van der Waals surface area contributed by atoms with Crippen molar-refractivity contribution in [3.63, 3.8) is 0 Å². The van der Waals surface area contributed by atoms with Gasteiger partial charge in [0.2, 0.25) is 0 Å². The first-order valence-electron chi connectivity index (χ1n) is 6.29. The van der Waals surface area contributed by atoms with E-state index >= 15 is 0 Å². The third-order valence-electron chi connectivity index (χ3n) is 3.12. The predicted molar refractivity (Wildman–Crippen MR) is 70.1 cm³/mol. The maximum atomic E-state index is 5.42. The van der Waals surface area contributed by atoms with Crippen LogP contribution in [-0.2, 0) is 4.74 Å². The highest BCUT2D eigenvalue weighted by Crippen LogP contribution is 2.16. The zero-order chi connectivity index (χ0) is 12.1. The van der Waals surface area contributed by atoms with Crippen molar-refractivity contribution in [3.05, 3.63) is 35.9 Å². The molecular weight excluding hydrogens is 212 g/mol. The van der Waals surface area contributed by atoms with Crippen LogP contribution in [-0.4, -0.2) is 44.8 Å². The summed E-state index contributed by atoms with van der Waals surface area (Å²) in [5.41, 5.74) is 1.35. The first kappa shape index (κ1) is 12.6. The molecule has 2 atom stereocenters. The molecule has 2 unspecified atom stereocenters. The zero-order valence-electron chi connectivity index (χ0n) is 10.7. The van der Waals surface area contributed by atoms with Gasteiger partial charge in [0.05, 0.1) is 6.61 Å². The van der Waals surface area contributed by atoms with E-state index in [2.05, 4.69) is 54.6 Å². The van der Waals surface area contributed by atoms with Gasteiger partial charge in [-0.2, -0.15) is 0 Å². The van der Waals surface area contributed by atoms with Gasteiger partial charge in [-0.3, -0.25) is 0 Å². The largest absolute Gasteiger partial charge is 0.380 e. The van der Waals surface area contributed by atoms with Gasteiger partial charge >= 0.3 is 0 Å². The summed E-state index contributed by atoms with van der Waals surface area (Å²) in [4.78, 5) is 2.22. The molecule has 0 amide bonds. The number of likely N-dealkylation sites (N-methyl/N-ethyl adjacent to an activating group) is 1. The lowest BCUT2D eigenvalue weighted by molar-refractivity contribution is 0.186. The molecule has 0 aromatic heterocycles. The van der Waals surface area contributed by atoms with Crippen LogP contribution in [0, 0.1) is 0 Å². The van der Waals surface area contributed by atoms with Crippen LogP contribution in [0.5, 0.6) is 0 Å². The monoisotopic (exact) mass is 234 g/mol. The zero-order valence-corrected chi connectivity index (χ0v) is 10.7. The summed E-state index contributed by atoms with van der Waals surface area (Å²) in [6.07, 6.45) is 1.12. The van der Waals surface area contributed by atoms with E-state index in [1.54, 1.807) is 0 Å². The van der Waals surface area contributed by atoms with Crippen molar-refractivity contribution < 1.29 is 4.74 Å². The molecule has 0 radical (unpaired) electrons. The lowest BCUT2D eigenvalue weighted by Gasteiger charge is -2.25. The Morgan fingerprint density at radius 3 is 2.71 bits per heavy atom. The van der Waals surface area contributed by atoms with E-state index in [-0.39, 0.29) is 0 Å². The summed E-state index contributed by atoms with van der Waals surface area (Å²) >= 11 is 0. The summed E-state index contributed by atoms with van der Waals surface area (Å²) in [6, 6.07) is 11.5. The van der Waals surface area contributed by atoms with Gasteiger partial charge in [-0.15, -0.1) is 0 Å². The first-order chi connectivity index (χ1) is 8.25. The number of hydrogen-bond acceptors (Lipinski definition) is 3. The highest BCUT2D eigenvalue weighted by Gasteiger charge is 2.20. The fourth-order valence-electron chi connectivity index (χ4n) is 2.26. The third-order valence-corrected chi connectivity index (χ3v) is 3.12. The van der Waals surface area contributed by atoms with Crippen LogP contribution in [0.1, 0.15) is 18.0 Å². The van der Waals surface area contributed by atoms with Crippen molar-refractivity contribution in [1.29, 1.82) is 0 Å². The summed E-state index contributed by atoms with van der Waals surface area (Å²) < 4.78 is 5.42. The molecule has 1 aliphatic rings. The van der Waals surface area contributed by atoms with Gasteiger partial charge in [0.15, 0.2) is 0 Å². The topological polar surface area (TPSA) is 24.5 Å². The molecule has 1 aliphatic heterocycles. The molecule has 1 aromatic carbocycles. The van der Waals surface area contributed by atoms with Crippen molar-refractivity contribution in [1.82, 2.24) is 10.2 Å². The lowest BCUT2D eigenvalue weighted by Crippen LogP contribution is -2.38. The molecule has 1 aromatic rings. The highest BCUT2D eigenvalue weighted by atomic mass is 16.5. The van der Waals surface area contributed by atoms with Crippen LogP contribution in [0.25, 0.3) is 0 Å². The van der Waals surface area contributed by atoms with E-state index in [9.17, 15) is 0 Å². The Morgan fingerprint density at radius 2 is 2.12 bits per heavy atom. The summed E-state index contributed by atoms with van der Waals surface area (Å²) in [6.45, 7) is 2.75. The molecule has 2 rings (SSSR count). The summed E-state index contributed by atoms with van der Waals surface area (Å²) in [5, 5.41) is 3.70. The second-order valence-corrected chi connectivity index (χ2v) is 4.95. The van der Waals surface area contributed by atoms with Crippen molar-refractivity contribution in [2.45, 2.75) is 18.5 Å². The first-order valence-corrected chi connectivity index (χ1v) is 6.29. The second-order valence-electron chi connectivity index (χ2n) is 4.95. The van der Waals surface area contributed by atoms with Gasteiger partial charge in [0.25, 0.3) is 0 Å². The van der Waals surface area contributed by atoms with Gasteiger partial charge in [-0.05, 0) is 26.1 Å². The molecular formula is C14H22N2O. The average molecular weight is 234 g/mol. The minimum atomic E-state index is 0.387. The standard InChI is InChI=1S/C14H22N2O/c1-16(2)10-14(12-6-4-3-5-7-12)15-13-8-9-17-11-13/h3-7,13-15H,8-11H2,1-2H3. The van der Waals surface area contributed by atoms with Gasteiger partial charge in [0, 0.05) is 25.2 Å². The van der Waals surface area contributed by atoms with Crippen molar-refractivity contribution in [3.8, 4) is 0 Å². The fourth-order valence-corrected chi connectivity index (χ4v) is 2.26. The van der Waals surface area contributed by atoms with Crippen molar-refractivity contribution in [2.24, 2.45) is 0 Å². The van der Waals surface area contributed by atoms with Crippen LogP contribution in [0.15, 0.2) is 30.3 Å². The fraction of sp³-hybridized carbons (Fsp3) is 0.571. The SMILES string of the molecule is CN(C)CC(NC1CCOC1)c1ccccc1. The number of nitrogens with one attached hydrogen (secondary N) is 1. The molecule has 1 saturated heterocycles. The number of ether oxygens (including phenoxy) is 1. The molecule has 1 fully saturated rings. The van der Waals surface area contributed by atoms with Gasteiger partial charge in [0.1, 0.15) is 0 Å². The number of rotatable bonds is 5. The predicted octanol–water partition coefficient (Wildman–Crippen LogP) is 1.67. The number of benzene rings is 1. The Kier molecular flexibility index (Phi) is 4.54. The quantitative estimate of drug-likeness (QED) is 0.838. The van der Waals surface area contributed by atoms with Crippen LogP contribution >= 0.6 is 0 Å². The molecule has 0 aliphatic carbocycles. The highest BCUT2D eigenvalue weighted by molar-refractivity contribution is 5.19. The van der Waals surface area contributed by atoms with Crippen LogP contribution in [0.4, 0.5) is 0 Å². The normalized spacial score (nSPS) is 21.9. The van der Waals surface area contributed by atoms with E-state index in [1.807, 2.05) is 0 Å². The molecule has 3 nitrogen and oxygen atoms in total. The smallest absolute Gasteiger partial charge is 0.0620 e. The van der Waals surface area contributed by atoms with E-state index in [4.69, 9.17) is 4.74 Å².